The molecule has 4 heteroatoms. The van der Waals surface area contributed by atoms with E-state index < -0.39 is 0 Å². The van der Waals surface area contributed by atoms with Crippen molar-refractivity contribution in [3.05, 3.63) is 34.1 Å². The SMILES string of the molecule is CC(C)N1CCCCC(N)C1c1ccc(F)cc1Br. The average molecular weight is 329 g/mol. The Bertz CT molecular complexity index is 436. The van der Waals surface area contributed by atoms with E-state index in [9.17, 15) is 4.39 Å². The van der Waals surface area contributed by atoms with Gasteiger partial charge in [-0.05, 0) is 50.9 Å². The molecule has 1 fully saturated rings. The predicted molar refractivity (Wildman–Crippen MR) is 80.5 cm³/mol. The van der Waals surface area contributed by atoms with Gasteiger partial charge in [-0.3, -0.25) is 4.90 Å². The monoisotopic (exact) mass is 328 g/mol. The van der Waals surface area contributed by atoms with Crippen molar-refractivity contribution in [2.24, 2.45) is 5.73 Å². The van der Waals surface area contributed by atoms with Crippen molar-refractivity contribution in [1.29, 1.82) is 0 Å². The normalized spacial score (nSPS) is 25.6. The lowest BCUT2D eigenvalue weighted by Gasteiger charge is -2.37. The van der Waals surface area contributed by atoms with Gasteiger partial charge in [-0.15, -0.1) is 0 Å². The first-order valence-electron chi connectivity index (χ1n) is 6.97. The van der Waals surface area contributed by atoms with E-state index in [1.54, 1.807) is 0 Å². The van der Waals surface area contributed by atoms with Gasteiger partial charge in [-0.25, -0.2) is 4.39 Å². The third-order valence-electron chi connectivity index (χ3n) is 3.91. The topological polar surface area (TPSA) is 29.3 Å². The minimum absolute atomic E-state index is 0.103. The van der Waals surface area contributed by atoms with Crippen LogP contribution in [0.15, 0.2) is 22.7 Å². The first-order valence-corrected chi connectivity index (χ1v) is 7.76. The Hall–Kier alpha value is -0.450. The Labute approximate surface area is 123 Å². The van der Waals surface area contributed by atoms with Crippen molar-refractivity contribution < 1.29 is 4.39 Å². The number of benzene rings is 1. The number of nitrogens with two attached hydrogens (primary N) is 1. The van der Waals surface area contributed by atoms with Crippen LogP contribution >= 0.6 is 15.9 Å². The molecule has 2 unspecified atom stereocenters. The van der Waals surface area contributed by atoms with Gasteiger partial charge in [0.05, 0.1) is 6.04 Å². The molecule has 1 aliphatic heterocycles. The Morgan fingerprint density at radius 1 is 1.37 bits per heavy atom. The Morgan fingerprint density at radius 3 is 2.74 bits per heavy atom. The van der Waals surface area contributed by atoms with E-state index in [1.807, 2.05) is 6.07 Å². The Balaban J connectivity index is 2.40. The smallest absolute Gasteiger partial charge is 0.124 e. The van der Waals surface area contributed by atoms with E-state index >= 15 is 0 Å². The number of hydrogen-bond donors (Lipinski definition) is 1. The minimum Gasteiger partial charge on any atom is -0.326 e. The molecule has 2 rings (SSSR count). The third kappa shape index (κ3) is 3.36. The fourth-order valence-corrected chi connectivity index (χ4v) is 3.53. The van der Waals surface area contributed by atoms with Crippen LogP contribution < -0.4 is 5.73 Å². The van der Waals surface area contributed by atoms with Crippen LogP contribution in [-0.2, 0) is 0 Å². The Morgan fingerprint density at radius 2 is 2.11 bits per heavy atom. The van der Waals surface area contributed by atoms with E-state index in [0.717, 1.165) is 23.0 Å². The van der Waals surface area contributed by atoms with Gasteiger partial charge in [0, 0.05) is 16.6 Å². The van der Waals surface area contributed by atoms with Crippen LogP contribution in [0.2, 0.25) is 0 Å². The maximum Gasteiger partial charge on any atom is 0.124 e. The van der Waals surface area contributed by atoms with Crippen LogP contribution in [0.1, 0.15) is 44.7 Å². The second-order valence-electron chi connectivity index (χ2n) is 5.60. The first-order chi connectivity index (χ1) is 9.00. The fraction of sp³-hybridized carbons (Fsp3) is 0.600. The summed E-state index contributed by atoms with van der Waals surface area (Å²) in [6, 6.07) is 5.63. The molecule has 0 bridgehead atoms. The molecule has 0 amide bonds. The highest BCUT2D eigenvalue weighted by Gasteiger charge is 2.31. The van der Waals surface area contributed by atoms with E-state index in [4.69, 9.17) is 5.73 Å². The van der Waals surface area contributed by atoms with Crippen molar-refractivity contribution in [2.75, 3.05) is 6.54 Å². The summed E-state index contributed by atoms with van der Waals surface area (Å²) in [5.41, 5.74) is 7.49. The second kappa shape index (κ2) is 6.33. The van der Waals surface area contributed by atoms with E-state index in [-0.39, 0.29) is 17.9 Å². The number of hydrogen-bond acceptors (Lipinski definition) is 2. The molecule has 1 heterocycles. The van der Waals surface area contributed by atoms with Crippen LogP contribution in [0.25, 0.3) is 0 Å². The molecule has 2 N–H and O–H groups in total. The maximum absolute atomic E-state index is 13.3. The third-order valence-corrected chi connectivity index (χ3v) is 4.60. The van der Waals surface area contributed by atoms with Gasteiger partial charge < -0.3 is 5.73 Å². The minimum atomic E-state index is -0.214. The summed E-state index contributed by atoms with van der Waals surface area (Å²) >= 11 is 3.49. The van der Waals surface area contributed by atoms with Crippen molar-refractivity contribution in [1.82, 2.24) is 4.90 Å². The number of nitrogens with zero attached hydrogens (tertiary/aromatic N) is 1. The quantitative estimate of drug-likeness (QED) is 0.893. The lowest BCUT2D eigenvalue weighted by atomic mass is 9.95. The molecular formula is C15H22BrFN2. The molecule has 0 radical (unpaired) electrons. The Kier molecular flexibility index (Phi) is 4.98. The average Bonchev–Trinajstić information content (AvgIpc) is 2.52. The van der Waals surface area contributed by atoms with Gasteiger partial charge in [-0.1, -0.05) is 28.4 Å². The van der Waals surface area contributed by atoms with Crippen molar-refractivity contribution in [2.45, 2.75) is 51.2 Å². The summed E-state index contributed by atoms with van der Waals surface area (Å²) in [6.07, 6.45) is 3.37. The summed E-state index contributed by atoms with van der Waals surface area (Å²) in [6.45, 7) is 5.45. The zero-order valence-corrected chi connectivity index (χ0v) is 13.2. The zero-order valence-electron chi connectivity index (χ0n) is 11.6. The first kappa shape index (κ1) is 14.9. The maximum atomic E-state index is 13.3. The van der Waals surface area contributed by atoms with Gasteiger partial charge in [0.15, 0.2) is 0 Å². The molecule has 1 aromatic carbocycles. The predicted octanol–water partition coefficient (Wildman–Crippen LogP) is 3.85. The summed E-state index contributed by atoms with van der Waals surface area (Å²) in [7, 11) is 0. The van der Waals surface area contributed by atoms with Crippen LogP contribution in [0.5, 0.6) is 0 Å². The lowest BCUT2D eigenvalue weighted by molar-refractivity contribution is 0.143. The highest BCUT2D eigenvalue weighted by Crippen LogP contribution is 2.35. The number of halogens is 2. The summed E-state index contributed by atoms with van der Waals surface area (Å²) in [5.74, 6) is -0.214. The van der Waals surface area contributed by atoms with Crippen molar-refractivity contribution in [3.8, 4) is 0 Å². The molecule has 0 aromatic heterocycles. The molecule has 106 valence electrons. The fourth-order valence-electron chi connectivity index (χ4n) is 2.95. The van der Waals surface area contributed by atoms with Gasteiger partial charge in [0.1, 0.15) is 5.82 Å². The molecule has 0 aliphatic carbocycles. The molecule has 1 aromatic rings. The number of rotatable bonds is 2. The van der Waals surface area contributed by atoms with Crippen LogP contribution in [-0.4, -0.2) is 23.5 Å². The highest BCUT2D eigenvalue weighted by molar-refractivity contribution is 9.10. The molecule has 0 saturated carbocycles. The summed E-state index contributed by atoms with van der Waals surface area (Å²) in [4.78, 5) is 2.44. The number of likely N-dealkylation sites (tertiary alicyclic amines) is 1. The largest absolute Gasteiger partial charge is 0.326 e. The van der Waals surface area contributed by atoms with Crippen LogP contribution in [0.4, 0.5) is 4.39 Å². The van der Waals surface area contributed by atoms with Gasteiger partial charge in [0.2, 0.25) is 0 Å². The molecular weight excluding hydrogens is 307 g/mol. The van der Waals surface area contributed by atoms with E-state index in [1.165, 1.54) is 25.0 Å². The molecule has 2 nitrogen and oxygen atoms in total. The van der Waals surface area contributed by atoms with Gasteiger partial charge in [0.25, 0.3) is 0 Å². The molecule has 1 saturated heterocycles. The summed E-state index contributed by atoms with van der Waals surface area (Å²) in [5, 5.41) is 0. The molecule has 19 heavy (non-hydrogen) atoms. The molecule has 1 aliphatic rings. The lowest BCUT2D eigenvalue weighted by Crippen LogP contribution is -2.43. The van der Waals surface area contributed by atoms with Gasteiger partial charge >= 0.3 is 0 Å². The second-order valence-corrected chi connectivity index (χ2v) is 6.46. The van der Waals surface area contributed by atoms with Crippen molar-refractivity contribution >= 4 is 15.9 Å². The van der Waals surface area contributed by atoms with E-state index in [0.29, 0.717) is 6.04 Å². The van der Waals surface area contributed by atoms with Crippen LogP contribution in [0.3, 0.4) is 0 Å². The van der Waals surface area contributed by atoms with Gasteiger partial charge in [-0.2, -0.15) is 0 Å². The van der Waals surface area contributed by atoms with E-state index in [2.05, 4.69) is 34.7 Å². The summed E-state index contributed by atoms with van der Waals surface area (Å²) < 4.78 is 14.1. The standard InChI is InChI=1S/C15H22BrFN2/c1-10(2)19-8-4-3-5-14(18)15(19)12-7-6-11(17)9-13(12)16/h6-7,9-10,14-15H,3-5,8,18H2,1-2H3. The molecule has 0 spiro atoms. The van der Waals surface area contributed by atoms with Crippen molar-refractivity contribution in [3.63, 3.8) is 0 Å². The molecule has 2 atom stereocenters. The highest BCUT2D eigenvalue weighted by atomic mass is 79.9. The zero-order chi connectivity index (χ0) is 14.0. The van der Waals surface area contributed by atoms with Crippen LogP contribution in [0, 0.1) is 5.82 Å².